The summed E-state index contributed by atoms with van der Waals surface area (Å²) in [6, 6.07) is 12.3. The first-order valence-electron chi connectivity index (χ1n) is 9.87. The van der Waals surface area contributed by atoms with Gasteiger partial charge in [0.2, 0.25) is 11.8 Å². The van der Waals surface area contributed by atoms with Crippen molar-refractivity contribution in [2.45, 2.75) is 54.6 Å². The minimum atomic E-state index is -3.66. The molecule has 0 spiro atoms. The molecule has 2 amide bonds. The van der Waals surface area contributed by atoms with Crippen molar-refractivity contribution >= 4 is 44.8 Å². The summed E-state index contributed by atoms with van der Waals surface area (Å²) in [5, 5.41) is 5.63. The Labute approximate surface area is 181 Å². The molecule has 2 aromatic rings. The zero-order valence-corrected chi connectivity index (χ0v) is 18.9. The fourth-order valence-corrected chi connectivity index (χ4v) is 5.46. The summed E-state index contributed by atoms with van der Waals surface area (Å²) in [7, 11) is -3.66. The number of rotatable bonds is 6. The van der Waals surface area contributed by atoms with Gasteiger partial charge < -0.3 is 10.6 Å². The number of fused-ring (bicyclic) bond motifs is 1. The molecule has 160 valence electrons. The summed E-state index contributed by atoms with van der Waals surface area (Å²) in [5.74, 6) is -0.402. The summed E-state index contributed by atoms with van der Waals surface area (Å²) in [6.45, 7) is 6.14. The molecule has 2 N–H and O–H groups in total. The smallest absolute Gasteiger partial charge is 0.225 e. The third-order valence-corrected chi connectivity index (χ3v) is 7.74. The van der Waals surface area contributed by atoms with Crippen LogP contribution in [0.3, 0.4) is 0 Å². The Bertz CT molecular complexity index is 1050. The van der Waals surface area contributed by atoms with Crippen LogP contribution in [0.25, 0.3) is 0 Å². The molecule has 0 bridgehead atoms. The Morgan fingerprint density at radius 1 is 1.20 bits per heavy atom. The van der Waals surface area contributed by atoms with Crippen molar-refractivity contribution in [2.75, 3.05) is 16.4 Å². The van der Waals surface area contributed by atoms with E-state index in [4.69, 9.17) is 0 Å². The molecule has 0 aliphatic carbocycles. The molecule has 1 heterocycles. The monoisotopic (exact) mass is 446 g/mol. The van der Waals surface area contributed by atoms with Crippen LogP contribution in [0.4, 0.5) is 11.4 Å². The van der Waals surface area contributed by atoms with E-state index in [1.807, 2.05) is 31.2 Å². The van der Waals surface area contributed by atoms with E-state index in [0.717, 1.165) is 4.90 Å². The van der Waals surface area contributed by atoms with Crippen LogP contribution in [0.1, 0.15) is 45.1 Å². The minimum absolute atomic E-state index is 0.103. The van der Waals surface area contributed by atoms with E-state index >= 15 is 0 Å². The zero-order chi connectivity index (χ0) is 21.9. The Hall–Kier alpha value is -2.32. The normalized spacial score (nSPS) is 16.5. The number of carbonyl (C=O) groups excluding carboxylic acids is 2. The van der Waals surface area contributed by atoms with Crippen molar-refractivity contribution in [3.8, 4) is 0 Å². The highest BCUT2D eigenvalue weighted by molar-refractivity contribution is 8.00. The highest BCUT2D eigenvalue weighted by atomic mass is 32.2. The highest BCUT2D eigenvalue weighted by Crippen LogP contribution is 2.36. The molecule has 1 aliphatic heterocycles. The largest absolute Gasteiger partial charge is 0.326 e. The first kappa shape index (κ1) is 22.4. The van der Waals surface area contributed by atoms with Gasteiger partial charge in [0.05, 0.1) is 16.3 Å². The quantitative estimate of drug-likeness (QED) is 0.685. The molecule has 1 aliphatic rings. The first-order chi connectivity index (χ1) is 14.1. The number of amides is 2. The van der Waals surface area contributed by atoms with Gasteiger partial charge in [-0.3, -0.25) is 9.59 Å². The second kappa shape index (κ2) is 9.22. The second-order valence-electron chi connectivity index (χ2n) is 7.73. The lowest BCUT2D eigenvalue weighted by atomic mass is 10.0. The van der Waals surface area contributed by atoms with Gasteiger partial charge in [0, 0.05) is 28.7 Å². The van der Waals surface area contributed by atoms with Gasteiger partial charge in [0.25, 0.3) is 0 Å². The van der Waals surface area contributed by atoms with Gasteiger partial charge >= 0.3 is 0 Å². The van der Waals surface area contributed by atoms with Gasteiger partial charge in [-0.1, -0.05) is 32.9 Å². The van der Waals surface area contributed by atoms with Crippen LogP contribution in [0.15, 0.2) is 52.3 Å². The van der Waals surface area contributed by atoms with Crippen LogP contribution in [0.2, 0.25) is 0 Å². The van der Waals surface area contributed by atoms with Gasteiger partial charge in [0.15, 0.2) is 9.84 Å². The van der Waals surface area contributed by atoms with Crippen LogP contribution < -0.4 is 10.6 Å². The molecule has 1 unspecified atom stereocenters. The van der Waals surface area contributed by atoms with Crippen molar-refractivity contribution in [2.24, 2.45) is 0 Å². The number of benzene rings is 2. The minimum Gasteiger partial charge on any atom is -0.326 e. The molecule has 2 aromatic carbocycles. The van der Waals surface area contributed by atoms with Crippen molar-refractivity contribution in [3.05, 3.63) is 48.0 Å². The van der Waals surface area contributed by atoms with Crippen molar-refractivity contribution in [3.63, 3.8) is 0 Å². The van der Waals surface area contributed by atoms with Gasteiger partial charge in [-0.2, -0.15) is 0 Å². The maximum atomic E-state index is 12.7. The Balaban J connectivity index is 1.65. The predicted molar refractivity (Wildman–Crippen MR) is 121 cm³/mol. The summed E-state index contributed by atoms with van der Waals surface area (Å²) in [4.78, 5) is 25.1. The number of nitrogens with one attached hydrogen (secondary N) is 2. The van der Waals surface area contributed by atoms with Crippen molar-refractivity contribution < 1.29 is 18.0 Å². The molecule has 0 fully saturated rings. The van der Waals surface area contributed by atoms with Crippen LogP contribution in [-0.4, -0.2) is 31.2 Å². The van der Waals surface area contributed by atoms with Gasteiger partial charge in [-0.05, 0) is 41.8 Å². The summed E-state index contributed by atoms with van der Waals surface area (Å²) in [6.07, 6.45) is 0.225. The number of thioether (sulfide) groups is 1. The van der Waals surface area contributed by atoms with E-state index in [1.165, 1.54) is 29.5 Å². The summed E-state index contributed by atoms with van der Waals surface area (Å²) in [5.41, 5.74) is 2.31. The van der Waals surface area contributed by atoms with Crippen LogP contribution in [-0.2, 0) is 19.4 Å². The molecule has 0 radical (unpaired) electrons. The summed E-state index contributed by atoms with van der Waals surface area (Å²) >= 11 is 1.54. The fourth-order valence-electron chi connectivity index (χ4n) is 3.14. The number of anilines is 2. The maximum absolute atomic E-state index is 12.7. The highest BCUT2D eigenvalue weighted by Gasteiger charge is 2.23. The van der Waals surface area contributed by atoms with E-state index in [1.54, 1.807) is 6.07 Å². The van der Waals surface area contributed by atoms with E-state index in [2.05, 4.69) is 24.5 Å². The molecule has 8 heteroatoms. The predicted octanol–water partition coefficient (Wildman–Crippen LogP) is 4.44. The van der Waals surface area contributed by atoms with Gasteiger partial charge in [-0.25, -0.2) is 8.42 Å². The fraction of sp³-hybridized carbons (Fsp3) is 0.364. The number of hydrogen-bond donors (Lipinski definition) is 2. The average molecular weight is 447 g/mol. The van der Waals surface area contributed by atoms with E-state index < -0.39 is 9.84 Å². The Morgan fingerprint density at radius 3 is 2.57 bits per heavy atom. The third-order valence-electron chi connectivity index (χ3n) is 4.84. The van der Waals surface area contributed by atoms with Crippen LogP contribution >= 0.6 is 11.8 Å². The lowest BCUT2D eigenvalue weighted by Gasteiger charge is -2.11. The first-order valence-corrected chi connectivity index (χ1v) is 12.4. The maximum Gasteiger partial charge on any atom is 0.225 e. The van der Waals surface area contributed by atoms with E-state index in [0.29, 0.717) is 23.7 Å². The van der Waals surface area contributed by atoms with Crippen molar-refractivity contribution in [1.29, 1.82) is 0 Å². The topological polar surface area (TPSA) is 92.3 Å². The molecular weight excluding hydrogens is 420 g/mol. The number of sulfone groups is 1. The molecule has 1 atom stereocenters. The van der Waals surface area contributed by atoms with E-state index in [9.17, 15) is 18.0 Å². The average Bonchev–Trinajstić information content (AvgIpc) is 2.82. The lowest BCUT2D eigenvalue weighted by molar-refractivity contribution is -0.116. The number of carbonyl (C=O) groups is 2. The van der Waals surface area contributed by atoms with E-state index in [-0.39, 0.29) is 34.1 Å². The van der Waals surface area contributed by atoms with Crippen LogP contribution in [0, 0.1) is 0 Å². The molecule has 0 saturated carbocycles. The van der Waals surface area contributed by atoms with Gasteiger partial charge in [-0.15, -0.1) is 11.8 Å². The Morgan fingerprint density at radius 2 is 1.90 bits per heavy atom. The zero-order valence-electron chi connectivity index (χ0n) is 17.3. The molecule has 0 aromatic heterocycles. The Kier molecular flexibility index (Phi) is 6.88. The molecule has 3 rings (SSSR count). The SMILES string of the molecule is CC1CC(=O)Nc2cc(S(=O)(=O)CCC(=O)Nc3ccc(C(C)C)cc3)ccc2S1. The second-order valence-corrected chi connectivity index (χ2v) is 11.3. The summed E-state index contributed by atoms with van der Waals surface area (Å²) < 4.78 is 25.5. The molecule has 30 heavy (non-hydrogen) atoms. The standard InChI is InChI=1S/C22H26N2O4S2/c1-14(2)16-4-6-17(7-5-16)23-21(25)10-11-30(27,28)18-8-9-20-19(13-18)24-22(26)12-15(3)29-20/h4-9,13-15H,10-12H2,1-3H3,(H,23,25)(H,24,26). The lowest BCUT2D eigenvalue weighted by Crippen LogP contribution is -2.18. The van der Waals surface area contributed by atoms with Crippen LogP contribution in [0.5, 0.6) is 0 Å². The van der Waals surface area contributed by atoms with Gasteiger partial charge in [0.1, 0.15) is 0 Å². The molecular formula is C22H26N2O4S2. The number of hydrogen-bond acceptors (Lipinski definition) is 5. The molecule has 0 saturated heterocycles. The van der Waals surface area contributed by atoms with Crippen molar-refractivity contribution in [1.82, 2.24) is 0 Å². The molecule has 6 nitrogen and oxygen atoms in total. The third kappa shape index (κ3) is 5.64.